The molecule has 4 N–H and O–H groups in total. The number of hydrogen-bond acceptors (Lipinski definition) is 1. The Morgan fingerprint density at radius 1 is 0.889 bits per heavy atom. The molecular weight excluding hydrogens is 244 g/mol. The van der Waals surface area contributed by atoms with Crippen LogP contribution < -0.4 is 0 Å². The molecule has 0 aromatic heterocycles. The van der Waals surface area contributed by atoms with Crippen molar-refractivity contribution >= 4 is 11.8 Å². The van der Waals surface area contributed by atoms with E-state index in [0.717, 1.165) is 17.1 Å². The van der Waals surface area contributed by atoms with E-state index in [1.165, 1.54) is 51.4 Å². The fourth-order valence-corrected chi connectivity index (χ4v) is 5.57. The van der Waals surface area contributed by atoms with Gasteiger partial charge in [-0.3, -0.25) is 0 Å². The smallest absolute Gasteiger partial charge is 0.0190 e. The van der Waals surface area contributed by atoms with Gasteiger partial charge in [-0.05, 0) is 37.5 Å². The average molecular weight is 276 g/mol. The third kappa shape index (κ3) is 3.88. The second-order valence-corrected chi connectivity index (χ2v) is 8.04. The lowest BCUT2D eigenvalue weighted by atomic mass is 9.71. The van der Waals surface area contributed by atoms with Crippen LogP contribution in [0.15, 0.2) is 0 Å². The second kappa shape index (κ2) is 7.76. The van der Waals surface area contributed by atoms with Gasteiger partial charge >= 0.3 is 0 Å². The van der Waals surface area contributed by atoms with E-state index in [0.29, 0.717) is 4.75 Å². The molecule has 18 heavy (non-hydrogen) atoms. The molecule has 2 nitrogen and oxygen atoms in total. The molecule has 2 saturated carbocycles. The van der Waals surface area contributed by atoms with E-state index < -0.39 is 0 Å². The van der Waals surface area contributed by atoms with Crippen LogP contribution in [-0.4, -0.2) is 20.9 Å². The molecule has 2 rings (SSSR count). The zero-order valence-electron chi connectivity index (χ0n) is 12.3. The normalized spacial score (nSPS) is 24.7. The second-order valence-electron chi connectivity index (χ2n) is 6.33. The van der Waals surface area contributed by atoms with Gasteiger partial charge in [0.2, 0.25) is 0 Å². The molecule has 0 aliphatic heterocycles. The van der Waals surface area contributed by atoms with Gasteiger partial charge in [0.15, 0.2) is 0 Å². The fourth-order valence-electron chi connectivity index (χ4n) is 3.33. The topological polar surface area (TPSA) is 63.0 Å². The predicted octanol–water partition coefficient (Wildman–Crippen LogP) is 3.62. The molecule has 2 fully saturated rings. The van der Waals surface area contributed by atoms with Gasteiger partial charge in [0.1, 0.15) is 0 Å². The van der Waals surface area contributed by atoms with Gasteiger partial charge in [-0.1, -0.05) is 46.5 Å². The first kappa shape index (κ1) is 18.3. The van der Waals surface area contributed by atoms with Gasteiger partial charge in [0.25, 0.3) is 0 Å². The van der Waals surface area contributed by atoms with E-state index in [2.05, 4.69) is 32.5 Å². The molecule has 3 heteroatoms. The predicted molar refractivity (Wildman–Crippen MR) is 82.3 cm³/mol. The van der Waals surface area contributed by atoms with Crippen molar-refractivity contribution in [3.8, 4) is 0 Å². The quantitative estimate of drug-likeness (QED) is 0.773. The lowest BCUT2D eigenvalue weighted by molar-refractivity contribution is 0.213. The first-order valence-electron chi connectivity index (χ1n) is 7.32. The van der Waals surface area contributed by atoms with Crippen LogP contribution >= 0.6 is 11.8 Å². The zero-order valence-corrected chi connectivity index (χ0v) is 13.1. The Hall–Kier alpha value is 0.270. The Labute approximate surface area is 117 Å². The Balaban J connectivity index is 0.00000144. The summed E-state index contributed by atoms with van der Waals surface area (Å²) in [5, 5.41) is 0.996. The fraction of sp³-hybridized carbons (Fsp3) is 1.00. The molecule has 0 bridgehead atoms. The number of rotatable bonds is 4. The summed E-state index contributed by atoms with van der Waals surface area (Å²) < 4.78 is 0.677. The van der Waals surface area contributed by atoms with Gasteiger partial charge in [0, 0.05) is 10.00 Å². The van der Waals surface area contributed by atoms with Crippen molar-refractivity contribution in [2.45, 2.75) is 82.1 Å². The van der Waals surface area contributed by atoms with E-state index in [-0.39, 0.29) is 11.0 Å². The Bertz CT molecular complexity index is 221. The maximum Gasteiger partial charge on any atom is 0.0190 e. The van der Waals surface area contributed by atoms with Crippen LogP contribution in [0.5, 0.6) is 0 Å². The first-order valence-corrected chi connectivity index (χ1v) is 8.20. The van der Waals surface area contributed by atoms with Crippen molar-refractivity contribution in [3.63, 3.8) is 0 Å². The first-order chi connectivity index (χ1) is 7.64. The summed E-state index contributed by atoms with van der Waals surface area (Å²) in [6.45, 7) is 7.32. The Morgan fingerprint density at radius 2 is 1.44 bits per heavy atom. The summed E-state index contributed by atoms with van der Waals surface area (Å²) in [5.74, 6) is 1.77. The molecule has 0 spiro atoms. The lowest BCUT2D eigenvalue weighted by Gasteiger charge is -2.50. The Morgan fingerprint density at radius 3 is 1.83 bits per heavy atom. The Kier molecular flexibility index (Phi) is 7.88. The molecule has 0 saturated heterocycles. The van der Waals surface area contributed by atoms with Gasteiger partial charge in [0.05, 0.1) is 0 Å². The highest BCUT2D eigenvalue weighted by atomic mass is 32.2. The maximum atomic E-state index is 2.50. The summed E-state index contributed by atoms with van der Waals surface area (Å²) in [7, 11) is 0. The third-order valence-corrected chi connectivity index (χ3v) is 7.04. The molecule has 1 atom stereocenters. The molecule has 0 aromatic rings. The van der Waals surface area contributed by atoms with Crippen molar-refractivity contribution in [3.05, 3.63) is 0 Å². The summed E-state index contributed by atoms with van der Waals surface area (Å²) in [6, 6.07) is 0. The third-order valence-electron chi connectivity index (χ3n) is 4.98. The molecular formula is C15H32O2S. The molecule has 2 aliphatic carbocycles. The summed E-state index contributed by atoms with van der Waals surface area (Å²) in [5.41, 5.74) is 0. The van der Waals surface area contributed by atoms with Crippen molar-refractivity contribution in [1.29, 1.82) is 0 Å². The van der Waals surface area contributed by atoms with Gasteiger partial charge in [-0.15, -0.1) is 0 Å². The van der Waals surface area contributed by atoms with Crippen molar-refractivity contribution in [1.82, 2.24) is 0 Å². The van der Waals surface area contributed by atoms with E-state index in [4.69, 9.17) is 0 Å². The van der Waals surface area contributed by atoms with Crippen LogP contribution in [0, 0.1) is 11.8 Å². The highest BCUT2D eigenvalue weighted by molar-refractivity contribution is 8.01. The molecule has 0 aromatic carbocycles. The van der Waals surface area contributed by atoms with E-state index in [9.17, 15) is 0 Å². The van der Waals surface area contributed by atoms with Crippen LogP contribution in [0.3, 0.4) is 0 Å². The van der Waals surface area contributed by atoms with Crippen LogP contribution in [0.25, 0.3) is 0 Å². The largest absolute Gasteiger partial charge is 0.412 e. The van der Waals surface area contributed by atoms with Crippen molar-refractivity contribution in [2.75, 3.05) is 0 Å². The molecule has 2 aliphatic rings. The maximum absolute atomic E-state index is 2.50. The molecule has 0 amide bonds. The highest BCUT2D eigenvalue weighted by Crippen LogP contribution is 2.54. The van der Waals surface area contributed by atoms with Gasteiger partial charge in [-0.2, -0.15) is 11.8 Å². The highest BCUT2D eigenvalue weighted by Gasteiger charge is 2.44. The van der Waals surface area contributed by atoms with E-state index >= 15 is 0 Å². The molecule has 110 valence electrons. The van der Waals surface area contributed by atoms with Crippen LogP contribution in [0.1, 0.15) is 72.1 Å². The van der Waals surface area contributed by atoms with Gasteiger partial charge < -0.3 is 11.0 Å². The minimum absolute atomic E-state index is 0. The number of thioether (sulfide) groups is 1. The van der Waals surface area contributed by atoms with Gasteiger partial charge in [-0.25, -0.2) is 0 Å². The summed E-state index contributed by atoms with van der Waals surface area (Å²) >= 11 is 2.39. The molecule has 0 radical (unpaired) electrons. The minimum atomic E-state index is 0. The average Bonchev–Trinajstić information content (AvgIpc) is 2.24. The minimum Gasteiger partial charge on any atom is -0.412 e. The zero-order chi connectivity index (χ0) is 11.6. The van der Waals surface area contributed by atoms with Crippen molar-refractivity contribution < 1.29 is 11.0 Å². The lowest BCUT2D eigenvalue weighted by Crippen LogP contribution is -2.44. The van der Waals surface area contributed by atoms with Crippen LogP contribution in [0.2, 0.25) is 0 Å². The summed E-state index contributed by atoms with van der Waals surface area (Å²) in [6.07, 6.45) is 11.9. The van der Waals surface area contributed by atoms with Crippen LogP contribution in [0.4, 0.5) is 0 Å². The summed E-state index contributed by atoms with van der Waals surface area (Å²) in [4.78, 5) is 0. The molecule has 1 unspecified atom stereocenters. The molecule has 0 heterocycles. The van der Waals surface area contributed by atoms with E-state index in [1.807, 2.05) is 0 Å². The van der Waals surface area contributed by atoms with Crippen molar-refractivity contribution in [2.24, 2.45) is 11.8 Å². The monoisotopic (exact) mass is 276 g/mol. The number of hydrogen-bond donors (Lipinski definition) is 0. The standard InChI is InChI=1S/C15H28S.2H2O/c1-12(2)13(3)15(10-7-11-15)16-14-8-5-4-6-9-14;;/h12-14H,4-11H2,1-3H3;2*1H2. The SMILES string of the molecule is CC(C)C(C)C1(SC2CCCCC2)CCC1.O.O. The van der Waals surface area contributed by atoms with Crippen LogP contribution in [-0.2, 0) is 0 Å². The van der Waals surface area contributed by atoms with E-state index in [1.54, 1.807) is 0 Å².